The van der Waals surface area contributed by atoms with E-state index in [1.54, 1.807) is 61.2 Å². The lowest BCUT2D eigenvalue weighted by molar-refractivity contribution is 0.101. The Bertz CT molecular complexity index is 1220. The Balaban J connectivity index is 1.85. The first-order chi connectivity index (χ1) is 15.1. The monoisotopic (exact) mass is 456 g/mol. The second-order valence-electron chi connectivity index (χ2n) is 7.69. The summed E-state index contributed by atoms with van der Waals surface area (Å²) in [4.78, 5) is 13.0. The molecule has 0 atom stereocenters. The largest absolute Gasteiger partial charge is 0.497 e. The summed E-state index contributed by atoms with van der Waals surface area (Å²) >= 11 is 0. The summed E-state index contributed by atoms with van der Waals surface area (Å²) in [7, 11) is -2.33. The number of aromatic nitrogens is 2. The Morgan fingerprint density at radius 1 is 1.09 bits per heavy atom. The lowest BCUT2D eigenvalue weighted by atomic mass is 10.1. The number of hydrogen-bond acceptors (Lipinski definition) is 5. The molecule has 1 amide bonds. The minimum absolute atomic E-state index is 0.0815. The fourth-order valence-corrected chi connectivity index (χ4v) is 4.50. The first-order valence-electron chi connectivity index (χ1n) is 10.3. The zero-order valence-electron chi connectivity index (χ0n) is 18.8. The number of amides is 1. The van der Waals surface area contributed by atoms with Crippen LogP contribution in [0.3, 0.4) is 0 Å². The summed E-state index contributed by atoms with van der Waals surface area (Å²) in [5.74, 6) is 0.469. The van der Waals surface area contributed by atoms with Crippen LogP contribution in [0.1, 0.15) is 48.4 Å². The number of hydrogen-bond donors (Lipinski definition) is 2. The summed E-state index contributed by atoms with van der Waals surface area (Å²) in [6.45, 7) is 8.19. The van der Waals surface area contributed by atoms with Gasteiger partial charge in [0.1, 0.15) is 11.4 Å². The zero-order valence-corrected chi connectivity index (χ0v) is 19.7. The molecule has 8 nitrogen and oxygen atoms in total. The van der Waals surface area contributed by atoms with E-state index >= 15 is 0 Å². The maximum absolute atomic E-state index is 13.0. The van der Waals surface area contributed by atoms with Gasteiger partial charge in [-0.1, -0.05) is 19.9 Å². The van der Waals surface area contributed by atoms with Gasteiger partial charge in [-0.05, 0) is 67.8 Å². The summed E-state index contributed by atoms with van der Waals surface area (Å²) in [6, 6.07) is 13.1. The number of anilines is 2. The van der Waals surface area contributed by atoms with Crippen LogP contribution < -0.4 is 14.8 Å². The highest BCUT2D eigenvalue weighted by Crippen LogP contribution is 2.25. The molecule has 0 aliphatic carbocycles. The number of nitrogens with zero attached hydrogens (tertiary/aromatic N) is 2. The maximum Gasteiger partial charge on any atom is 0.273 e. The average molecular weight is 457 g/mol. The smallest absolute Gasteiger partial charge is 0.273 e. The SMILES string of the molecule is CCn1nc(C(C)C)cc1C(=O)Nc1ccc(C)c(S(=O)(=O)Nc2ccc(OC)cc2)c1. The van der Waals surface area contributed by atoms with Gasteiger partial charge in [0.05, 0.1) is 17.7 Å². The number of sulfonamides is 1. The van der Waals surface area contributed by atoms with Crippen molar-refractivity contribution in [1.82, 2.24) is 9.78 Å². The number of ether oxygens (including phenoxy) is 1. The van der Waals surface area contributed by atoms with Crippen molar-refractivity contribution in [3.8, 4) is 5.75 Å². The van der Waals surface area contributed by atoms with E-state index in [9.17, 15) is 13.2 Å². The highest BCUT2D eigenvalue weighted by atomic mass is 32.2. The number of aryl methyl sites for hydroxylation is 2. The third kappa shape index (κ3) is 5.11. The van der Waals surface area contributed by atoms with Crippen molar-refractivity contribution in [2.75, 3.05) is 17.1 Å². The van der Waals surface area contributed by atoms with Crippen molar-refractivity contribution in [2.45, 2.75) is 45.1 Å². The molecule has 0 radical (unpaired) electrons. The minimum Gasteiger partial charge on any atom is -0.497 e. The number of carbonyl (C=O) groups excluding carboxylic acids is 1. The Morgan fingerprint density at radius 2 is 1.75 bits per heavy atom. The van der Waals surface area contributed by atoms with E-state index in [-0.39, 0.29) is 16.7 Å². The Kier molecular flexibility index (Phi) is 6.88. The van der Waals surface area contributed by atoms with E-state index in [2.05, 4.69) is 15.1 Å². The van der Waals surface area contributed by atoms with Gasteiger partial charge in [-0.25, -0.2) is 8.42 Å². The fraction of sp³-hybridized carbons (Fsp3) is 0.304. The van der Waals surface area contributed by atoms with Gasteiger partial charge in [0.2, 0.25) is 0 Å². The van der Waals surface area contributed by atoms with Crippen LogP contribution in [0.5, 0.6) is 5.75 Å². The quantitative estimate of drug-likeness (QED) is 0.523. The number of methoxy groups -OCH3 is 1. The molecule has 2 aromatic carbocycles. The van der Waals surface area contributed by atoms with Gasteiger partial charge in [-0.3, -0.25) is 14.2 Å². The van der Waals surface area contributed by atoms with E-state index in [0.717, 1.165) is 5.69 Å². The third-order valence-corrected chi connectivity index (χ3v) is 6.52. The normalized spacial score (nSPS) is 11.4. The van der Waals surface area contributed by atoms with Crippen LogP contribution >= 0.6 is 0 Å². The standard InChI is InChI=1S/C23H28N4O4S/c1-6-27-21(14-20(25-27)15(2)3)23(28)24-18-8-7-16(4)22(13-18)32(29,30)26-17-9-11-19(31-5)12-10-17/h7-15,26H,6H2,1-5H3,(H,24,28). The lowest BCUT2D eigenvalue weighted by Gasteiger charge is -2.13. The molecule has 170 valence electrons. The van der Waals surface area contributed by atoms with Crippen LogP contribution in [0.4, 0.5) is 11.4 Å². The highest BCUT2D eigenvalue weighted by Gasteiger charge is 2.20. The van der Waals surface area contributed by atoms with Crippen LogP contribution in [0.25, 0.3) is 0 Å². The number of nitrogens with one attached hydrogen (secondary N) is 2. The molecule has 1 aromatic heterocycles. The van der Waals surface area contributed by atoms with E-state index in [1.807, 2.05) is 20.8 Å². The van der Waals surface area contributed by atoms with Gasteiger partial charge in [0, 0.05) is 17.9 Å². The fourth-order valence-electron chi connectivity index (χ4n) is 3.17. The van der Waals surface area contributed by atoms with Crippen molar-refractivity contribution in [3.05, 3.63) is 65.5 Å². The van der Waals surface area contributed by atoms with Crippen LogP contribution in [0, 0.1) is 6.92 Å². The molecule has 2 N–H and O–H groups in total. The molecule has 0 fully saturated rings. The molecule has 32 heavy (non-hydrogen) atoms. The molecule has 1 heterocycles. The van der Waals surface area contributed by atoms with Gasteiger partial charge in [-0.15, -0.1) is 0 Å². The van der Waals surface area contributed by atoms with Crippen molar-refractivity contribution < 1.29 is 17.9 Å². The first kappa shape index (κ1) is 23.3. The molecule has 0 unspecified atom stereocenters. The molecular formula is C23H28N4O4S. The van der Waals surface area contributed by atoms with Crippen LogP contribution in [0.2, 0.25) is 0 Å². The molecule has 0 saturated carbocycles. The third-order valence-electron chi connectivity index (χ3n) is 5.00. The second kappa shape index (κ2) is 9.44. The predicted octanol–water partition coefficient (Wildman–Crippen LogP) is 4.40. The molecule has 3 aromatic rings. The molecule has 0 aliphatic rings. The number of rotatable bonds is 8. The molecule has 0 aliphatic heterocycles. The minimum atomic E-state index is -3.87. The van der Waals surface area contributed by atoms with Crippen LogP contribution in [0.15, 0.2) is 53.4 Å². The second-order valence-corrected chi connectivity index (χ2v) is 9.34. The molecule has 0 saturated heterocycles. The van der Waals surface area contributed by atoms with Crippen molar-refractivity contribution in [1.29, 1.82) is 0 Å². The number of benzene rings is 2. The maximum atomic E-state index is 13.0. The molecular weight excluding hydrogens is 428 g/mol. The van der Waals surface area contributed by atoms with E-state index in [0.29, 0.717) is 34.9 Å². The van der Waals surface area contributed by atoms with Crippen LogP contribution in [-0.2, 0) is 16.6 Å². The van der Waals surface area contributed by atoms with E-state index in [4.69, 9.17) is 4.74 Å². The average Bonchev–Trinajstić information content (AvgIpc) is 3.20. The van der Waals surface area contributed by atoms with Gasteiger partial charge in [0.25, 0.3) is 15.9 Å². The summed E-state index contributed by atoms with van der Waals surface area (Å²) < 4.78 is 35.3. The molecule has 9 heteroatoms. The van der Waals surface area contributed by atoms with Gasteiger partial charge in [-0.2, -0.15) is 5.10 Å². The van der Waals surface area contributed by atoms with E-state index < -0.39 is 10.0 Å². The molecule has 0 bridgehead atoms. The molecule has 3 rings (SSSR count). The number of carbonyl (C=O) groups is 1. The van der Waals surface area contributed by atoms with Crippen molar-refractivity contribution >= 4 is 27.3 Å². The zero-order chi connectivity index (χ0) is 23.5. The molecule has 0 spiro atoms. The summed E-state index contributed by atoms with van der Waals surface area (Å²) in [5.41, 5.74) is 2.61. The topological polar surface area (TPSA) is 102 Å². The first-order valence-corrected chi connectivity index (χ1v) is 11.8. The Labute approximate surface area is 188 Å². The Hall–Kier alpha value is -3.33. The highest BCUT2D eigenvalue weighted by molar-refractivity contribution is 7.92. The summed E-state index contributed by atoms with van der Waals surface area (Å²) in [5, 5.41) is 7.26. The van der Waals surface area contributed by atoms with Gasteiger partial charge in [0.15, 0.2) is 0 Å². The van der Waals surface area contributed by atoms with Crippen molar-refractivity contribution in [3.63, 3.8) is 0 Å². The van der Waals surface area contributed by atoms with Gasteiger partial charge < -0.3 is 10.1 Å². The predicted molar refractivity (Wildman–Crippen MR) is 125 cm³/mol. The summed E-state index contributed by atoms with van der Waals surface area (Å²) in [6.07, 6.45) is 0. The van der Waals surface area contributed by atoms with Crippen LogP contribution in [-0.4, -0.2) is 31.2 Å². The lowest BCUT2D eigenvalue weighted by Crippen LogP contribution is -2.18. The van der Waals surface area contributed by atoms with E-state index in [1.165, 1.54) is 6.07 Å². The van der Waals surface area contributed by atoms with Gasteiger partial charge >= 0.3 is 0 Å². The Morgan fingerprint density at radius 3 is 2.34 bits per heavy atom. The van der Waals surface area contributed by atoms with Crippen molar-refractivity contribution in [2.24, 2.45) is 0 Å².